The van der Waals surface area contributed by atoms with E-state index in [-0.39, 0.29) is 23.7 Å². The van der Waals surface area contributed by atoms with Gasteiger partial charge in [-0.3, -0.25) is 4.98 Å². The summed E-state index contributed by atoms with van der Waals surface area (Å²) >= 11 is 0. The smallest absolute Gasteiger partial charge is 0.418 e. The van der Waals surface area contributed by atoms with Crippen molar-refractivity contribution in [2.45, 2.75) is 76.0 Å². The van der Waals surface area contributed by atoms with Crippen LogP contribution in [-0.4, -0.2) is 30.2 Å². The molecule has 5 rings (SSSR count). The van der Waals surface area contributed by atoms with E-state index in [1.165, 1.54) is 24.4 Å². The zero-order valence-corrected chi connectivity index (χ0v) is 22.6. The highest BCUT2D eigenvalue weighted by Crippen LogP contribution is 2.45. The maximum atomic E-state index is 14.4. The molecule has 1 aromatic carbocycles. The van der Waals surface area contributed by atoms with Gasteiger partial charge in [-0.25, -0.2) is 0 Å². The van der Waals surface area contributed by atoms with Crippen LogP contribution in [0.5, 0.6) is 0 Å². The van der Waals surface area contributed by atoms with Gasteiger partial charge in [0.15, 0.2) is 0 Å². The maximum Gasteiger partial charge on any atom is 0.418 e. The lowest BCUT2D eigenvalue weighted by atomic mass is 9.85. The molecule has 1 saturated carbocycles. The zero-order chi connectivity index (χ0) is 29.3. The van der Waals surface area contributed by atoms with Crippen LogP contribution >= 0.6 is 0 Å². The van der Waals surface area contributed by atoms with E-state index in [4.69, 9.17) is 9.73 Å². The van der Waals surface area contributed by atoms with E-state index in [1.54, 1.807) is 0 Å². The number of halogens is 6. The third-order valence-corrected chi connectivity index (χ3v) is 8.04. The van der Waals surface area contributed by atoms with E-state index in [9.17, 15) is 26.3 Å². The number of hydrogen-bond donors (Lipinski definition) is 3. The molecule has 0 spiro atoms. The maximum absolute atomic E-state index is 14.4. The summed E-state index contributed by atoms with van der Waals surface area (Å²) in [5.74, 6) is 0.275. The summed E-state index contributed by atoms with van der Waals surface area (Å²) in [7, 11) is 0. The van der Waals surface area contributed by atoms with E-state index in [0.717, 1.165) is 50.3 Å². The van der Waals surface area contributed by atoms with Crippen molar-refractivity contribution in [1.82, 2.24) is 15.6 Å². The number of alkyl halides is 6. The molecule has 1 aliphatic carbocycles. The molecule has 3 heterocycles. The average Bonchev–Trinajstić information content (AvgIpc) is 3.19. The zero-order valence-electron chi connectivity index (χ0n) is 22.6. The van der Waals surface area contributed by atoms with Crippen molar-refractivity contribution in [3.05, 3.63) is 70.7 Å². The van der Waals surface area contributed by atoms with E-state index < -0.39 is 34.8 Å². The predicted octanol–water partition coefficient (Wildman–Crippen LogP) is 6.97. The van der Waals surface area contributed by atoms with Gasteiger partial charge in [-0.2, -0.15) is 31.3 Å². The Labute approximate surface area is 234 Å². The topological polar surface area (TPSA) is 70.6 Å². The molecular weight excluding hydrogens is 548 g/mol. The third-order valence-electron chi connectivity index (χ3n) is 8.04. The number of amidine groups is 1. The van der Waals surface area contributed by atoms with Crippen molar-refractivity contribution in [2.24, 2.45) is 10.9 Å². The van der Waals surface area contributed by atoms with Crippen molar-refractivity contribution in [2.75, 3.05) is 18.4 Å². The van der Waals surface area contributed by atoms with Crippen molar-refractivity contribution < 1.29 is 31.1 Å². The second-order valence-corrected chi connectivity index (χ2v) is 10.8. The van der Waals surface area contributed by atoms with Gasteiger partial charge in [-0.15, -0.1) is 0 Å². The van der Waals surface area contributed by atoms with Crippen LogP contribution in [0.3, 0.4) is 0 Å². The normalized spacial score (nSPS) is 23.1. The number of nitrogens with one attached hydrogen (secondary N) is 3. The van der Waals surface area contributed by atoms with Gasteiger partial charge in [-0.05, 0) is 75.0 Å². The monoisotopic (exact) mass is 581 g/mol. The molecule has 2 aliphatic heterocycles. The Bertz CT molecular complexity index is 1280. The van der Waals surface area contributed by atoms with E-state index in [0.29, 0.717) is 37.2 Å². The molecule has 0 radical (unpaired) electrons. The first kappa shape index (κ1) is 29.2. The Kier molecular flexibility index (Phi) is 8.22. The standard InChI is InChI=1S/C29H33F6N5O/c1-18(19-6-3-2-4-7-19)41-26-38-24-14-17-36-16-13-22(24)27(40-26,25-23(29(33,34)35)8-5-15-37-25)39-21-11-9-20(10-12-21)28(30,31)32/h5,8-12,15,18-19,36,39H,2-4,6-7,13-14,16-17H2,1H3,(H,38,40). The molecule has 2 unspecified atom stereocenters. The van der Waals surface area contributed by atoms with Crippen LogP contribution in [0, 0.1) is 5.92 Å². The molecular formula is C29H33F6N5O. The lowest BCUT2D eigenvalue weighted by Gasteiger charge is -2.40. The van der Waals surface area contributed by atoms with Gasteiger partial charge in [0.1, 0.15) is 11.8 Å². The van der Waals surface area contributed by atoms with E-state index in [1.807, 2.05) is 6.92 Å². The molecule has 2 atom stereocenters. The molecule has 41 heavy (non-hydrogen) atoms. The molecule has 6 nitrogen and oxygen atoms in total. The van der Waals surface area contributed by atoms with Gasteiger partial charge in [0, 0.05) is 36.1 Å². The Morgan fingerprint density at radius 2 is 1.66 bits per heavy atom. The molecule has 0 amide bonds. The summed E-state index contributed by atoms with van der Waals surface area (Å²) < 4.78 is 89.4. The Hall–Kier alpha value is -3.28. The van der Waals surface area contributed by atoms with Crippen molar-refractivity contribution in [1.29, 1.82) is 0 Å². The van der Waals surface area contributed by atoms with Gasteiger partial charge in [0.2, 0.25) is 5.66 Å². The fourth-order valence-corrected chi connectivity index (χ4v) is 5.93. The third kappa shape index (κ3) is 6.32. The molecule has 1 aromatic heterocycles. The molecule has 2 aromatic rings. The minimum Gasteiger partial charge on any atom is -0.462 e. The second kappa shape index (κ2) is 11.5. The summed E-state index contributed by atoms with van der Waals surface area (Å²) in [6.07, 6.45) is -2.24. The minimum absolute atomic E-state index is 0.0573. The number of anilines is 1. The number of nitrogens with zero attached hydrogens (tertiary/aromatic N) is 2. The summed E-state index contributed by atoms with van der Waals surface area (Å²) in [5.41, 5.74) is -2.82. The first-order chi connectivity index (χ1) is 19.5. The highest BCUT2D eigenvalue weighted by Gasteiger charge is 2.49. The second-order valence-electron chi connectivity index (χ2n) is 10.8. The van der Waals surface area contributed by atoms with Crippen molar-refractivity contribution in [3.8, 4) is 0 Å². The average molecular weight is 582 g/mol. The molecule has 1 fully saturated rings. The largest absolute Gasteiger partial charge is 0.462 e. The van der Waals surface area contributed by atoms with Gasteiger partial charge in [0.05, 0.1) is 11.1 Å². The summed E-state index contributed by atoms with van der Waals surface area (Å²) in [5, 5.41) is 9.59. The minimum atomic E-state index is -4.76. The fraction of sp³-hybridized carbons (Fsp3) is 0.517. The van der Waals surface area contributed by atoms with Crippen LogP contribution in [0.4, 0.5) is 32.0 Å². The summed E-state index contributed by atoms with van der Waals surface area (Å²) in [6, 6.07) is 6.36. The predicted molar refractivity (Wildman–Crippen MR) is 143 cm³/mol. The van der Waals surface area contributed by atoms with Gasteiger partial charge in [-0.1, -0.05) is 19.3 Å². The lowest BCUT2D eigenvalue weighted by Crippen LogP contribution is -2.48. The molecule has 0 bridgehead atoms. The molecule has 0 saturated heterocycles. The number of pyridine rings is 1. The van der Waals surface area contributed by atoms with Gasteiger partial charge in [0.25, 0.3) is 6.02 Å². The van der Waals surface area contributed by atoms with Crippen LogP contribution in [0.2, 0.25) is 0 Å². The first-order valence-electron chi connectivity index (χ1n) is 13.9. The number of aliphatic imine (C=N–C) groups is 1. The number of aromatic nitrogens is 1. The van der Waals surface area contributed by atoms with Crippen molar-refractivity contribution >= 4 is 11.7 Å². The van der Waals surface area contributed by atoms with Crippen LogP contribution in [0.1, 0.15) is 68.7 Å². The number of hydrogen-bond acceptors (Lipinski definition) is 6. The highest BCUT2D eigenvalue weighted by atomic mass is 19.4. The molecule has 222 valence electrons. The highest BCUT2D eigenvalue weighted by molar-refractivity contribution is 5.80. The Morgan fingerprint density at radius 3 is 2.34 bits per heavy atom. The quantitative estimate of drug-likeness (QED) is 0.333. The fourth-order valence-electron chi connectivity index (χ4n) is 5.93. The van der Waals surface area contributed by atoms with Crippen LogP contribution in [-0.2, 0) is 22.8 Å². The number of rotatable bonds is 5. The molecule has 12 heteroatoms. The van der Waals surface area contributed by atoms with Crippen LogP contribution in [0.25, 0.3) is 0 Å². The number of ether oxygens (including phenoxy) is 1. The van der Waals surface area contributed by atoms with Crippen molar-refractivity contribution in [3.63, 3.8) is 0 Å². The Balaban J connectivity index is 1.66. The lowest BCUT2D eigenvalue weighted by molar-refractivity contribution is -0.139. The van der Waals surface area contributed by atoms with Crippen LogP contribution < -0.4 is 16.0 Å². The van der Waals surface area contributed by atoms with E-state index in [2.05, 4.69) is 20.9 Å². The molecule has 3 aliphatic rings. The molecule has 3 N–H and O–H groups in total. The summed E-state index contributed by atoms with van der Waals surface area (Å²) in [4.78, 5) is 9.00. The summed E-state index contributed by atoms with van der Waals surface area (Å²) in [6.45, 7) is 2.98. The van der Waals surface area contributed by atoms with Gasteiger partial charge >= 0.3 is 12.4 Å². The SMILES string of the molecule is CC(OC1=NC(Nc2ccc(C(F)(F)F)cc2)(c2ncccc2C(F)(F)F)C2=C(CCNCC2)N1)C1CCCCC1. The van der Waals surface area contributed by atoms with E-state index >= 15 is 0 Å². The van der Waals surface area contributed by atoms with Gasteiger partial charge < -0.3 is 20.7 Å². The van der Waals surface area contributed by atoms with Crippen LogP contribution in [0.15, 0.2) is 58.9 Å². The number of benzene rings is 1. The Morgan fingerprint density at radius 1 is 0.951 bits per heavy atom. The first-order valence-corrected chi connectivity index (χ1v) is 13.9.